The minimum absolute atomic E-state index is 0.0142. The van der Waals surface area contributed by atoms with Crippen LogP contribution in [0.2, 0.25) is 0 Å². The number of hydrogen-bond donors (Lipinski definition) is 1. The fourth-order valence-electron chi connectivity index (χ4n) is 2.83. The van der Waals surface area contributed by atoms with Gasteiger partial charge < -0.3 is 9.84 Å². The molecule has 1 aromatic carbocycles. The standard InChI is InChI=1S/C15H14FNO3/c1-20-9-3-5-12-11(7-9)14(15(18)19)10-4-2-8(16)6-13(10)17-12/h2,4,6,9H,3,5,7H2,1H3,(H,18,19). The number of halogens is 1. The number of aromatic carboxylic acids is 1. The smallest absolute Gasteiger partial charge is 0.336 e. The third-order valence-electron chi connectivity index (χ3n) is 3.82. The molecule has 1 unspecified atom stereocenters. The summed E-state index contributed by atoms with van der Waals surface area (Å²) >= 11 is 0. The van der Waals surface area contributed by atoms with E-state index in [2.05, 4.69) is 4.98 Å². The van der Waals surface area contributed by atoms with Crippen molar-refractivity contribution in [3.8, 4) is 0 Å². The quantitative estimate of drug-likeness (QED) is 0.915. The van der Waals surface area contributed by atoms with Crippen LogP contribution in [0.25, 0.3) is 10.9 Å². The van der Waals surface area contributed by atoms with Crippen molar-refractivity contribution in [2.75, 3.05) is 7.11 Å². The number of carboxylic acid groups (broad SMARTS) is 1. The van der Waals surface area contributed by atoms with E-state index in [4.69, 9.17) is 4.74 Å². The second-order valence-electron chi connectivity index (χ2n) is 4.98. The maximum absolute atomic E-state index is 13.3. The van der Waals surface area contributed by atoms with Gasteiger partial charge in [-0.25, -0.2) is 9.18 Å². The van der Waals surface area contributed by atoms with E-state index in [1.807, 2.05) is 0 Å². The van der Waals surface area contributed by atoms with E-state index in [-0.39, 0.29) is 11.7 Å². The molecule has 1 N–H and O–H groups in total. The predicted octanol–water partition coefficient (Wildman–Crippen LogP) is 2.58. The molecule has 0 bridgehead atoms. The Morgan fingerprint density at radius 3 is 3.00 bits per heavy atom. The summed E-state index contributed by atoms with van der Waals surface area (Å²) in [5.41, 5.74) is 2.09. The van der Waals surface area contributed by atoms with Crippen LogP contribution in [0.4, 0.5) is 4.39 Å². The highest BCUT2D eigenvalue weighted by Crippen LogP contribution is 2.30. The monoisotopic (exact) mass is 275 g/mol. The number of aryl methyl sites for hydroxylation is 1. The maximum atomic E-state index is 13.3. The minimum atomic E-state index is -1.00. The van der Waals surface area contributed by atoms with E-state index in [0.29, 0.717) is 23.7 Å². The van der Waals surface area contributed by atoms with Gasteiger partial charge in [-0.2, -0.15) is 0 Å². The zero-order valence-electron chi connectivity index (χ0n) is 11.0. The van der Waals surface area contributed by atoms with E-state index in [0.717, 1.165) is 17.7 Å². The number of carbonyl (C=O) groups is 1. The highest BCUT2D eigenvalue weighted by Gasteiger charge is 2.26. The second-order valence-corrected chi connectivity index (χ2v) is 4.98. The lowest BCUT2D eigenvalue weighted by Crippen LogP contribution is -2.24. The Bertz CT molecular complexity index is 699. The summed E-state index contributed by atoms with van der Waals surface area (Å²) in [6.07, 6.45) is 2.00. The third-order valence-corrected chi connectivity index (χ3v) is 3.82. The average molecular weight is 275 g/mol. The first kappa shape index (κ1) is 13.0. The summed E-state index contributed by atoms with van der Waals surface area (Å²) < 4.78 is 18.6. The van der Waals surface area contributed by atoms with Crippen LogP contribution in [0, 0.1) is 5.82 Å². The molecule has 1 aliphatic carbocycles. The van der Waals surface area contributed by atoms with E-state index < -0.39 is 11.8 Å². The van der Waals surface area contributed by atoms with Gasteiger partial charge in [-0.1, -0.05) is 0 Å². The molecular weight excluding hydrogens is 261 g/mol. The van der Waals surface area contributed by atoms with E-state index >= 15 is 0 Å². The number of carboxylic acids is 1. The average Bonchev–Trinajstić information content (AvgIpc) is 2.43. The number of benzene rings is 1. The molecule has 20 heavy (non-hydrogen) atoms. The summed E-state index contributed by atoms with van der Waals surface area (Å²) in [5.74, 6) is -1.41. The Labute approximate surface area is 115 Å². The van der Waals surface area contributed by atoms with Crippen LogP contribution in [-0.2, 0) is 17.6 Å². The fourth-order valence-corrected chi connectivity index (χ4v) is 2.83. The molecule has 3 rings (SSSR count). The first-order valence-corrected chi connectivity index (χ1v) is 6.47. The van der Waals surface area contributed by atoms with Crippen molar-refractivity contribution in [1.82, 2.24) is 4.98 Å². The Kier molecular flexibility index (Phi) is 3.14. The molecule has 2 aromatic rings. The summed E-state index contributed by atoms with van der Waals surface area (Å²) in [6, 6.07) is 4.03. The fraction of sp³-hybridized carbons (Fsp3) is 0.333. The molecule has 104 valence electrons. The molecule has 1 atom stereocenters. The molecule has 0 fully saturated rings. The number of pyridine rings is 1. The van der Waals surface area contributed by atoms with Gasteiger partial charge in [0.25, 0.3) is 0 Å². The lowest BCUT2D eigenvalue weighted by molar-refractivity contribution is 0.0690. The van der Waals surface area contributed by atoms with Crippen molar-refractivity contribution in [1.29, 1.82) is 0 Å². The molecule has 0 aliphatic heterocycles. The van der Waals surface area contributed by atoms with Crippen molar-refractivity contribution < 1.29 is 19.0 Å². The summed E-state index contributed by atoms with van der Waals surface area (Å²) in [7, 11) is 1.62. The van der Waals surface area contributed by atoms with Crippen LogP contribution in [0.1, 0.15) is 28.0 Å². The van der Waals surface area contributed by atoms with Crippen LogP contribution >= 0.6 is 0 Å². The van der Waals surface area contributed by atoms with Crippen LogP contribution < -0.4 is 0 Å². The van der Waals surface area contributed by atoms with E-state index in [1.54, 1.807) is 7.11 Å². The van der Waals surface area contributed by atoms with Crippen LogP contribution in [0.15, 0.2) is 18.2 Å². The van der Waals surface area contributed by atoms with Gasteiger partial charge in [0.1, 0.15) is 5.82 Å². The molecule has 5 heteroatoms. The molecule has 4 nitrogen and oxygen atoms in total. The Balaban J connectivity index is 2.29. The van der Waals surface area contributed by atoms with Gasteiger partial charge in [0, 0.05) is 30.7 Å². The largest absolute Gasteiger partial charge is 0.478 e. The van der Waals surface area contributed by atoms with Crippen molar-refractivity contribution in [3.05, 3.63) is 40.8 Å². The SMILES string of the molecule is COC1CCc2nc3cc(F)ccc3c(C(=O)O)c2C1. The zero-order valence-corrected chi connectivity index (χ0v) is 11.0. The van der Waals surface area contributed by atoms with Crippen LogP contribution in [0.3, 0.4) is 0 Å². The van der Waals surface area contributed by atoms with E-state index in [9.17, 15) is 14.3 Å². The van der Waals surface area contributed by atoms with Gasteiger partial charge in [0.15, 0.2) is 0 Å². The predicted molar refractivity (Wildman–Crippen MR) is 71.5 cm³/mol. The van der Waals surface area contributed by atoms with Crippen molar-refractivity contribution >= 4 is 16.9 Å². The lowest BCUT2D eigenvalue weighted by atomic mass is 9.88. The molecule has 0 amide bonds. The molecule has 0 radical (unpaired) electrons. The van der Waals surface area contributed by atoms with Gasteiger partial charge >= 0.3 is 5.97 Å². The molecule has 0 saturated heterocycles. The number of rotatable bonds is 2. The van der Waals surface area contributed by atoms with Crippen molar-refractivity contribution in [2.24, 2.45) is 0 Å². The maximum Gasteiger partial charge on any atom is 0.336 e. The van der Waals surface area contributed by atoms with Crippen LogP contribution in [0.5, 0.6) is 0 Å². The van der Waals surface area contributed by atoms with Gasteiger partial charge in [-0.15, -0.1) is 0 Å². The topological polar surface area (TPSA) is 59.4 Å². The van der Waals surface area contributed by atoms with Crippen LogP contribution in [-0.4, -0.2) is 29.3 Å². The number of ether oxygens (including phenoxy) is 1. The van der Waals surface area contributed by atoms with Crippen molar-refractivity contribution in [2.45, 2.75) is 25.4 Å². The molecular formula is C15H14FNO3. The number of fused-ring (bicyclic) bond motifs is 2. The van der Waals surface area contributed by atoms with Crippen molar-refractivity contribution in [3.63, 3.8) is 0 Å². The first-order valence-electron chi connectivity index (χ1n) is 6.47. The zero-order chi connectivity index (χ0) is 14.3. The lowest BCUT2D eigenvalue weighted by Gasteiger charge is -2.24. The van der Waals surface area contributed by atoms with Gasteiger partial charge in [0.05, 0.1) is 17.2 Å². The van der Waals surface area contributed by atoms with E-state index in [1.165, 1.54) is 18.2 Å². The van der Waals surface area contributed by atoms with Gasteiger partial charge in [-0.05, 0) is 30.5 Å². The molecule has 0 saturated carbocycles. The molecule has 1 aromatic heterocycles. The minimum Gasteiger partial charge on any atom is -0.478 e. The first-order chi connectivity index (χ1) is 9.60. The highest BCUT2D eigenvalue weighted by atomic mass is 19.1. The Morgan fingerprint density at radius 1 is 1.50 bits per heavy atom. The summed E-state index contributed by atoms with van der Waals surface area (Å²) in [4.78, 5) is 16.0. The number of aromatic nitrogens is 1. The van der Waals surface area contributed by atoms with Gasteiger partial charge in [0.2, 0.25) is 0 Å². The number of methoxy groups -OCH3 is 1. The Hall–Kier alpha value is -2.01. The summed E-state index contributed by atoms with van der Waals surface area (Å²) in [6.45, 7) is 0. The summed E-state index contributed by atoms with van der Waals surface area (Å²) in [5, 5.41) is 9.99. The number of nitrogens with zero attached hydrogens (tertiary/aromatic N) is 1. The Morgan fingerprint density at radius 2 is 2.30 bits per heavy atom. The molecule has 1 aliphatic rings. The molecule has 1 heterocycles. The third kappa shape index (κ3) is 2.04. The number of hydrogen-bond acceptors (Lipinski definition) is 3. The second kappa shape index (κ2) is 4.83. The highest BCUT2D eigenvalue weighted by molar-refractivity contribution is 6.04. The van der Waals surface area contributed by atoms with Gasteiger partial charge in [-0.3, -0.25) is 4.98 Å². The molecule has 0 spiro atoms. The normalized spacial score (nSPS) is 18.0.